The summed E-state index contributed by atoms with van der Waals surface area (Å²) in [6.07, 6.45) is 1.62. The zero-order valence-electron chi connectivity index (χ0n) is 17.0. The number of ether oxygens (including phenoxy) is 2. The Bertz CT molecular complexity index is 838. The molecular weight excluding hydrogens is 368 g/mol. The highest BCUT2D eigenvalue weighted by Gasteiger charge is 2.25. The van der Waals surface area contributed by atoms with Crippen LogP contribution in [-0.4, -0.2) is 42.6 Å². The fourth-order valence-electron chi connectivity index (χ4n) is 3.38. The molecule has 0 unspecified atom stereocenters. The normalized spacial score (nSPS) is 13.0. The molecule has 6 nitrogen and oxygen atoms in total. The number of hydrogen-bond donors (Lipinski definition) is 1. The van der Waals surface area contributed by atoms with Crippen LogP contribution in [0.1, 0.15) is 31.4 Å². The van der Waals surface area contributed by atoms with Gasteiger partial charge in [0.1, 0.15) is 6.04 Å². The summed E-state index contributed by atoms with van der Waals surface area (Å²) in [4.78, 5) is 27.1. The number of nitrogens with one attached hydrogen (secondary N) is 1. The molecule has 0 bridgehead atoms. The quantitative estimate of drug-likeness (QED) is 0.708. The standard InChI is InChI=1S/C23H28N2O4/c1-3-24-23(27)17(2)25(14-13-18-7-5-4-6-8-18)22(26)12-10-19-9-11-20-21(15-19)29-16-28-20/h4-9,11,15,17H,3,10,12-14,16H2,1-2H3,(H,24,27)/t17-/m0/s1. The van der Waals surface area contributed by atoms with Crippen molar-refractivity contribution in [2.75, 3.05) is 19.9 Å². The van der Waals surface area contributed by atoms with Crippen molar-refractivity contribution in [3.05, 3.63) is 59.7 Å². The van der Waals surface area contributed by atoms with Gasteiger partial charge in [-0.15, -0.1) is 0 Å². The first kappa shape index (κ1) is 20.7. The predicted molar refractivity (Wildman–Crippen MR) is 111 cm³/mol. The van der Waals surface area contributed by atoms with Crippen LogP contribution in [0, 0.1) is 0 Å². The van der Waals surface area contributed by atoms with Gasteiger partial charge in [-0.3, -0.25) is 9.59 Å². The van der Waals surface area contributed by atoms with E-state index in [0.29, 0.717) is 38.1 Å². The third-order valence-corrected chi connectivity index (χ3v) is 5.07. The number of amides is 2. The molecule has 1 N–H and O–H groups in total. The highest BCUT2D eigenvalue weighted by molar-refractivity contribution is 5.87. The number of hydrogen-bond acceptors (Lipinski definition) is 4. The Hall–Kier alpha value is -3.02. The lowest BCUT2D eigenvalue weighted by Gasteiger charge is -2.28. The molecule has 1 atom stereocenters. The van der Waals surface area contributed by atoms with Crippen molar-refractivity contribution in [3.63, 3.8) is 0 Å². The molecule has 0 spiro atoms. The molecule has 2 amide bonds. The van der Waals surface area contributed by atoms with Crippen LogP contribution >= 0.6 is 0 Å². The third-order valence-electron chi connectivity index (χ3n) is 5.07. The number of benzene rings is 2. The maximum atomic E-state index is 13.0. The average molecular weight is 396 g/mol. The summed E-state index contributed by atoms with van der Waals surface area (Å²) in [6.45, 7) is 4.94. The van der Waals surface area contributed by atoms with Crippen LogP contribution in [0.5, 0.6) is 11.5 Å². The van der Waals surface area contributed by atoms with Gasteiger partial charge in [0.15, 0.2) is 11.5 Å². The molecule has 0 saturated carbocycles. The maximum absolute atomic E-state index is 13.0. The van der Waals surface area contributed by atoms with Gasteiger partial charge in [0.25, 0.3) is 0 Å². The number of carbonyl (C=O) groups is 2. The SMILES string of the molecule is CCNC(=O)[C@H](C)N(CCc1ccccc1)C(=O)CCc1ccc2c(c1)OCO2. The van der Waals surface area contributed by atoms with Crippen LogP contribution in [-0.2, 0) is 22.4 Å². The van der Waals surface area contributed by atoms with E-state index in [1.807, 2.05) is 55.5 Å². The maximum Gasteiger partial charge on any atom is 0.242 e. The zero-order chi connectivity index (χ0) is 20.6. The van der Waals surface area contributed by atoms with Gasteiger partial charge in [-0.2, -0.15) is 0 Å². The van der Waals surface area contributed by atoms with Crippen molar-refractivity contribution in [1.82, 2.24) is 10.2 Å². The van der Waals surface area contributed by atoms with Crippen LogP contribution < -0.4 is 14.8 Å². The minimum atomic E-state index is -0.511. The first-order valence-corrected chi connectivity index (χ1v) is 10.1. The summed E-state index contributed by atoms with van der Waals surface area (Å²) >= 11 is 0. The Labute approximate surface area is 171 Å². The van der Waals surface area contributed by atoms with E-state index < -0.39 is 6.04 Å². The van der Waals surface area contributed by atoms with Crippen molar-refractivity contribution < 1.29 is 19.1 Å². The van der Waals surface area contributed by atoms with Gasteiger partial charge in [-0.1, -0.05) is 36.4 Å². The molecule has 0 aromatic heterocycles. The fraction of sp³-hybridized carbons (Fsp3) is 0.391. The molecule has 2 aromatic carbocycles. The van der Waals surface area contributed by atoms with Crippen molar-refractivity contribution >= 4 is 11.8 Å². The first-order chi connectivity index (χ1) is 14.1. The molecule has 2 aromatic rings. The van der Waals surface area contributed by atoms with Crippen molar-refractivity contribution in [3.8, 4) is 11.5 Å². The third kappa shape index (κ3) is 5.50. The lowest BCUT2D eigenvalue weighted by atomic mass is 10.1. The second-order valence-electron chi connectivity index (χ2n) is 7.08. The average Bonchev–Trinajstić information content (AvgIpc) is 3.21. The summed E-state index contributed by atoms with van der Waals surface area (Å²) in [6, 6.07) is 15.2. The van der Waals surface area contributed by atoms with E-state index in [9.17, 15) is 9.59 Å². The van der Waals surface area contributed by atoms with Crippen molar-refractivity contribution in [2.45, 2.75) is 39.2 Å². The topological polar surface area (TPSA) is 67.9 Å². The lowest BCUT2D eigenvalue weighted by molar-refractivity contribution is -0.139. The van der Waals surface area contributed by atoms with Crippen molar-refractivity contribution in [1.29, 1.82) is 0 Å². The number of nitrogens with zero attached hydrogens (tertiary/aromatic N) is 1. The van der Waals surface area contributed by atoms with Crippen LogP contribution in [0.25, 0.3) is 0 Å². The molecule has 1 heterocycles. The molecule has 3 rings (SSSR count). The van der Waals surface area contributed by atoms with Crippen LogP contribution in [0.3, 0.4) is 0 Å². The van der Waals surface area contributed by atoms with Gasteiger partial charge >= 0.3 is 0 Å². The summed E-state index contributed by atoms with van der Waals surface area (Å²) in [5.74, 6) is 1.29. The molecule has 0 radical (unpaired) electrons. The molecule has 0 saturated heterocycles. The Kier molecular flexibility index (Phi) is 7.11. The van der Waals surface area contributed by atoms with E-state index in [1.54, 1.807) is 11.8 Å². The smallest absolute Gasteiger partial charge is 0.242 e. The second kappa shape index (κ2) is 9.96. The highest BCUT2D eigenvalue weighted by atomic mass is 16.7. The number of carbonyl (C=O) groups excluding carboxylic acids is 2. The molecular formula is C23H28N2O4. The fourth-order valence-corrected chi connectivity index (χ4v) is 3.38. The number of likely N-dealkylation sites (N-methyl/N-ethyl adjacent to an activating group) is 1. The number of fused-ring (bicyclic) bond motifs is 1. The molecule has 29 heavy (non-hydrogen) atoms. The largest absolute Gasteiger partial charge is 0.454 e. The van der Waals surface area contributed by atoms with E-state index in [1.165, 1.54) is 0 Å². The summed E-state index contributed by atoms with van der Waals surface area (Å²) in [5, 5.41) is 2.82. The summed E-state index contributed by atoms with van der Waals surface area (Å²) in [5.41, 5.74) is 2.15. The van der Waals surface area contributed by atoms with Gasteiger partial charge in [-0.25, -0.2) is 0 Å². The Morgan fingerprint density at radius 3 is 2.55 bits per heavy atom. The van der Waals surface area contributed by atoms with E-state index in [4.69, 9.17) is 9.47 Å². The molecule has 0 fully saturated rings. The number of rotatable bonds is 9. The second-order valence-corrected chi connectivity index (χ2v) is 7.08. The minimum Gasteiger partial charge on any atom is -0.454 e. The monoisotopic (exact) mass is 396 g/mol. The number of aryl methyl sites for hydroxylation is 1. The van der Waals surface area contributed by atoms with Crippen LogP contribution in [0.15, 0.2) is 48.5 Å². The summed E-state index contributed by atoms with van der Waals surface area (Å²) in [7, 11) is 0. The highest BCUT2D eigenvalue weighted by Crippen LogP contribution is 2.32. The zero-order valence-corrected chi connectivity index (χ0v) is 17.0. The minimum absolute atomic E-state index is 0.0302. The molecule has 1 aliphatic rings. The van der Waals surface area contributed by atoms with Crippen LogP contribution in [0.4, 0.5) is 0 Å². The lowest BCUT2D eigenvalue weighted by Crippen LogP contribution is -2.48. The van der Waals surface area contributed by atoms with E-state index in [0.717, 1.165) is 16.9 Å². The molecule has 0 aliphatic carbocycles. The Balaban J connectivity index is 1.64. The van der Waals surface area contributed by atoms with Gasteiger partial charge in [0.05, 0.1) is 0 Å². The van der Waals surface area contributed by atoms with E-state index >= 15 is 0 Å². The predicted octanol–water partition coefficient (Wildman–Crippen LogP) is 2.94. The first-order valence-electron chi connectivity index (χ1n) is 10.1. The van der Waals surface area contributed by atoms with Crippen LogP contribution in [0.2, 0.25) is 0 Å². The Morgan fingerprint density at radius 1 is 1.03 bits per heavy atom. The van der Waals surface area contributed by atoms with Gasteiger partial charge in [0, 0.05) is 19.5 Å². The molecule has 6 heteroatoms. The van der Waals surface area contributed by atoms with Gasteiger partial charge in [0.2, 0.25) is 18.6 Å². The van der Waals surface area contributed by atoms with E-state index in [-0.39, 0.29) is 18.6 Å². The Morgan fingerprint density at radius 2 is 1.79 bits per heavy atom. The summed E-state index contributed by atoms with van der Waals surface area (Å²) < 4.78 is 10.7. The van der Waals surface area contributed by atoms with Gasteiger partial charge < -0.3 is 19.7 Å². The van der Waals surface area contributed by atoms with Crippen molar-refractivity contribution in [2.24, 2.45) is 0 Å². The molecule has 154 valence electrons. The molecule has 1 aliphatic heterocycles. The van der Waals surface area contributed by atoms with E-state index in [2.05, 4.69) is 5.32 Å². The van der Waals surface area contributed by atoms with Gasteiger partial charge in [-0.05, 0) is 49.9 Å².